The van der Waals surface area contributed by atoms with Crippen LogP contribution < -0.4 is 5.32 Å². The van der Waals surface area contributed by atoms with Crippen LogP contribution in [0.2, 0.25) is 0 Å². The lowest BCUT2D eigenvalue weighted by molar-refractivity contribution is -0.120. The standard InChI is InChI=1S/C15H18N2O2/c1-12(17(2)11-14-9-6-10-19-14)15(18)16-13-7-4-3-5-8-13/h3-10,12H,11H2,1-2H3,(H,16,18). The minimum Gasteiger partial charge on any atom is -0.468 e. The van der Waals surface area contributed by atoms with Crippen molar-refractivity contribution in [2.45, 2.75) is 19.5 Å². The maximum atomic E-state index is 12.1. The zero-order chi connectivity index (χ0) is 13.7. The molecule has 0 aliphatic carbocycles. The molecule has 1 amide bonds. The van der Waals surface area contributed by atoms with Crippen LogP contribution in [0.25, 0.3) is 0 Å². The Morgan fingerprint density at radius 1 is 1.26 bits per heavy atom. The molecule has 0 aliphatic rings. The number of carbonyl (C=O) groups is 1. The number of rotatable bonds is 5. The summed E-state index contributed by atoms with van der Waals surface area (Å²) in [6, 6.07) is 13.0. The summed E-state index contributed by atoms with van der Waals surface area (Å²) < 4.78 is 5.28. The second kappa shape index (κ2) is 6.20. The monoisotopic (exact) mass is 258 g/mol. The third kappa shape index (κ3) is 3.69. The first-order chi connectivity index (χ1) is 9.16. The molecule has 0 spiro atoms. The number of carbonyl (C=O) groups excluding carboxylic acids is 1. The van der Waals surface area contributed by atoms with E-state index in [0.29, 0.717) is 6.54 Å². The van der Waals surface area contributed by atoms with Crippen molar-refractivity contribution in [2.24, 2.45) is 0 Å². The van der Waals surface area contributed by atoms with Crippen LogP contribution in [0.5, 0.6) is 0 Å². The van der Waals surface area contributed by atoms with Crippen LogP contribution in [0.15, 0.2) is 53.1 Å². The lowest BCUT2D eigenvalue weighted by Crippen LogP contribution is -2.39. The fraction of sp³-hybridized carbons (Fsp3) is 0.267. The van der Waals surface area contributed by atoms with Gasteiger partial charge in [0.2, 0.25) is 5.91 Å². The molecule has 100 valence electrons. The van der Waals surface area contributed by atoms with E-state index in [1.807, 2.05) is 61.3 Å². The van der Waals surface area contributed by atoms with Crippen molar-refractivity contribution >= 4 is 11.6 Å². The van der Waals surface area contributed by atoms with E-state index >= 15 is 0 Å². The number of nitrogens with one attached hydrogen (secondary N) is 1. The van der Waals surface area contributed by atoms with Crippen LogP contribution in [-0.4, -0.2) is 23.9 Å². The highest BCUT2D eigenvalue weighted by Gasteiger charge is 2.18. The van der Waals surface area contributed by atoms with Gasteiger partial charge in [0.25, 0.3) is 0 Å². The fourth-order valence-corrected chi connectivity index (χ4v) is 1.75. The minimum absolute atomic E-state index is 0.0275. The van der Waals surface area contributed by atoms with Crippen LogP contribution in [0, 0.1) is 0 Å². The zero-order valence-corrected chi connectivity index (χ0v) is 11.2. The maximum Gasteiger partial charge on any atom is 0.241 e. The average molecular weight is 258 g/mol. The van der Waals surface area contributed by atoms with Gasteiger partial charge in [0.1, 0.15) is 5.76 Å². The molecule has 0 saturated heterocycles. The van der Waals surface area contributed by atoms with Gasteiger partial charge in [-0.25, -0.2) is 0 Å². The normalized spacial score (nSPS) is 12.4. The van der Waals surface area contributed by atoms with E-state index in [1.54, 1.807) is 6.26 Å². The molecule has 0 aliphatic heterocycles. The smallest absolute Gasteiger partial charge is 0.241 e. The predicted octanol–water partition coefficient (Wildman–Crippen LogP) is 2.74. The first-order valence-electron chi connectivity index (χ1n) is 6.25. The number of likely N-dealkylation sites (N-methyl/N-ethyl adjacent to an activating group) is 1. The van der Waals surface area contributed by atoms with Gasteiger partial charge in [-0.15, -0.1) is 0 Å². The highest BCUT2D eigenvalue weighted by Crippen LogP contribution is 2.10. The Morgan fingerprint density at radius 2 is 2.00 bits per heavy atom. The summed E-state index contributed by atoms with van der Waals surface area (Å²) in [6.45, 7) is 2.48. The van der Waals surface area contributed by atoms with Gasteiger partial charge in [-0.1, -0.05) is 18.2 Å². The SMILES string of the molecule is CC(C(=O)Nc1ccccc1)N(C)Cc1ccco1. The number of hydrogen-bond donors (Lipinski definition) is 1. The minimum atomic E-state index is -0.231. The predicted molar refractivity (Wildman–Crippen MR) is 74.7 cm³/mol. The Morgan fingerprint density at radius 3 is 2.63 bits per heavy atom. The van der Waals surface area contributed by atoms with Crippen LogP contribution in [0.3, 0.4) is 0 Å². The maximum absolute atomic E-state index is 12.1. The number of para-hydroxylation sites is 1. The molecule has 4 nitrogen and oxygen atoms in total. The van der Waals surface area contributed by atoms with Crippen molar-refractivity contribution in [1.82, 2.24) is 4.90 Å². The number of benzene rings is 1. The Balaban J connectivity index is 1.91. The van der Waals surface area contributed by atoms with Crippen molar-refractivity contribution in [3.05, 3.63) is 54.5 Å². The molecular weight excluding hydrogens is 240 g/mol. The van der Waals surface area contributed by atoms with E-state index in [0.717, 1.165) is 11.4 Å². The van der Waals surface area contributed by atoms with Crippen molar-refractivity contribution in [1.29, 1.82) is 0 Å². The van der Waals surface area contributed by atoms with Gasteiger partial charge in [-0.3, -0.25) is 9.69 Å². The summed E-state index contributed by atoms with van der Waals surface area (Å²) in [7, 11) is 1.90. The lowest BCUT2D eigenvalue weighted by atomic mass is 10.2. The first-order valence-corrected chi connectivity index (χ1v) is 6.25. The summed E-state index contributed by atoms with van der Waals surface area (Å²) in [4.78, 5) is 14.0. The molecular formula is C15H18N2O2. The van der Waals surface area contributed by atoms with Crippen molar-refractivity contribution in [2.75, 3.05) is 12.4 Å². The molecule has 1 N–H and O–H groups in total. The lowest BCUT2D eigenvalue weighted by Gasteiger charge is -2.22. The molecule has 0 fully saturated rings. The van der Waals surface area contributed by atoms with Gasteiger partial charge in [-0.2, -0.15) is 0 Å². The van der Waals surface area contributed by atoms with Crippen LogP contribution in [0.1, 0.15) is 12.7 Å². The number of amides is 1. The van der Waals surface area contributed by atoms with Crippen molar-refractivity contribution < 1.29 is 9.21 Å². The molecule has 0 radical (unpaired) electrons. The summed E-state index contributed by atoms with van der Waals surface area (Å²) in [6.07, 6.45) is 1.64. The Kier molecular flexibility index (Phi) is 4.36. The molecule has 2 aromatic rings. The van der Waals surface area contributed by atoms with Gasteiger partial charge in [-0.05, 0) is 38.2 Å². The number of hydrogen-bond acceptors (Lipinski definition) is 3. The molecule has 0 bridgehead atoms. The summed E-state index contributed by atoms with van der Waals surface area (Å²) >= 11 is 0. The van der Waals surface area contributed by atoms with E-state index in [2.05, 4.69) is 5.32 Å². The highest BCUT2D eigenvalue weighted by atomic mass is 16.3. The van der Waals surface area contributed by atoms with Crippen LogP contribution in [0.4, 0.5) is 5.69 Å². The van der Waals surface area contributed by atoms with Gasteiger partial charge >= 0.3 is 0 Å². The van der Waals surface area contributed by atoms with Crippen molar-refractivity contribution in [3.63, 3.8) is 0 Å². The topological polar surface area (TPSA) is 45.5 Å². The van der Waals surface area contributed by atoms with Crippen LogP contribution in [-0.2, 0) is 11.3 Å². The molecule has 1 atom stereocenters. The first kappa shape index (κ1) is 13.4. The molecule has 2 rings (SSSR count). The second-order valence-electron chi connectivity index (χ2n) is 4.53. The summed E-state index contributed by atoms with van der Waals surface area (Å²) in [5.41, 5.74) is 0.811. The second-order valence-corrected chi connectivity index (χ2v) is 4.53. The van der Waals surface area contributed by atoms with Gasteiger partial charge in [0.05, 0.1) is 18.8 Å². The Bertz CT molecular complexity index is 508. The third-order valence-electron chi connectivity index (χ3n) is 3.07. The molecule has 1 aromatic heterocycles. The average Bonchev–Trinajstić information content (AvgIpc) is 2.91. The van der Waals surface area contributed by atoms with E-state index in [1.165, 1.54) is 0 Å². The van der Waals surface area contributed by atoms with Crippen molar-refractivity contribution in [3.8, 4) is 0 Å². The van der Waals surface area contributed by atoms with E-state index in [-0.39, 0.29) is 11.9 Å². The molecule has 0 saturated carbocycles. The number of furan rings is 1. The van der Waals surface area contributed by atoms with Gasteiger partial charge in [0, 0.05) is 5.69 Å². The largest absolute Gasteiger partial charge is 0.468 e. The quantitative estimate of drug-likeness (QED) is 0.897. The molecule has 1 unspecified atom stereocenters. The Labute approximate surface area is 113 Å². The van der Waals surface area contributed by atoms with E-state index < -0.39 is 0 Å². The zero-order valence-electron chi connectivity index (χ0n) is 11.2. The van der Waals surface area contributed by atoms with E-state index in [4.69, 9.17) is 4.42 Å². The molecule has 1 heterocycles. The highest BCUT2D eigenvalue weighted by molar-refractivity contribution is 5.94. The Hall–Kier alpha value is -2.07. The molecule has 4 heteroatoms. The molecule has 19 heavy (non-hydrogen) atoms. The molecule has 1 aromatic carbocycles. The van der Waals surface area contributed by atoms with Crippen LogP contribution >= 0.6 is 0 Å². The van der Waals surface area contributed by atoms with Gasteiger partial charge < -0.3 is 9.73 Å². The van der Waals surface area contributed by atoms with E-state index in [9.17, 15) is 4.79 Å². The third-order valence-corrected chi connectivity index (χ3v) is 3.07. The number of nitrogens with zero attached hydrogens (tertiary/aromatic N) is 1. The fourth-order valence-electron chi connectivity index (χ4n) is 1.75. The van der Waals surface area contributed by atoms with Gasteiger partial charge in [0.15, 0.2) is 0 Å². The summed E-state index contributed by atoms with van der Waals surface area (Å²) in [5.74, 6) is 0.821. The number of anilines is 1. The summed E-state index contributed by atoms with van der Waals surface area (Å²) in [5, 5.41) is 2.89.